The molecule has 0 aromatic heterocycles. The van der Waals surface area contributed by atoms with Crippen LogP contribution < -0.4 is 5.32 Å². The van der Waals surface area contributed by atoms with Gasteiger partial charge in [0.2, 0.25) is 10.0 Å². The molecule has 1 unspecified atom stereocenters. The number of hydrogen-bond donors (Lipinski definition) is 1. The zero-order chi connectivity index (χ0) is 13.2. The summed E-state index contributed by atoms with van der Waals surface area (Å²) < 4.78 is 26.0. The van der Waals surface area contributed by atoms with Crippen LogP contribution in [0.2, 0.25) is 0 Å². The molecule has 1 N–H and O–H groups in total. The minimum absolute atomic E-state index is 0.212. The smallest absolute Gasteiger partial charge is 0.214 e. The van der Waals surface area contributed by atoms with Crippen LogP contribution in [0.1, 0.15) is 39.5 Å². The van der Waals surface area contributed by atoms with Gasteiger partial charge in [0.15, 0.2) is 0 Å². The van der Waals surface area contributed by atoms with Crippen LogP contribution in [0.4, 0.5) is 0 Å². The van der Waals surface area contributed by atoms with Gasteiger partial charge >= 0.3 is 0 Å². The lowest BCUT2D eigenvalue weighted by atomic mass is 9.89. The molecular weight excluding hydrogens is 248 g/mol. The minimum Gasteiger partial charge on any atom is -0.314 e. The fourth-order valence-electron chi connectivity index (χ4n) is 3.20. The molecule has 2 rings (SSSR count). The van der Waals surface area contributed by atoms with Crippen molar-refractivity contribution in [2.45, 2.75) is 45.6 Å². The zero-order valence-electron chi connectivity index (χ0n) is 11.6. The minimum atomic E-state index is -3.02. The Labute approximate surface area is 111 Å². The fourth-order valence-corrected chi connectivity index (χ4v) is 5.02. The van der Waals surface area contributed by atoms with E-state index >= 15 is 0 Å². The highest BCUT2D eigenvalue weighted by Gasteiger charge is 2.32. The topological polar surface area (TPSA) is 49.4 Å². The summed E-state index contributed by atoms with van der Waals surface area (Å²) in [5.41, 5.74) is 0. The lowest BCUT2D eigenvalue weighted by molar-refractivity contribution is 0.233. The number of piperidine rings is 1. The molecule has 0 spiro atoms. The van der Waals surface area contributed by atoms with Crippen LogP contribution in [0.25, 0.3) is 0 Å². The molecule has 1 atom stereocenters. The standard InChI is InChI=1S/C13H26N2O2S/c1-11(2)10-18(16,17)15-8-5-12(6-9-15)13-4-3-7-14-13/h11-14H,3-10H2,1-2H3. The lowest BCUT2D eigenvalue weighted by Gasteiger charge is -2.34. The Hall–Kier alpha value is -0.130. The molecule has 0 bridgehead atoms. The molecule has 2 aliphatic heterocycles. The van der Waals surface area contributed by atoms with Gasteiger partial charge in [-0.25, -0.2) is 12.7 Å². The third-order valence-electron chi connectivity index (χ3n) is 4.10. The Morgan fingerprint density at radius 2 is 1.89 bits per heavy atom. The zero-order valence-corrected chi connectivity index (χ0v) is 12.4. The Morgan fingerprint density at radius 1 is 1.22 bits per heavy atom. The molecule has 5 heteroatoms. The van der Waals surface area contributed by atoms with Crippen molar-refractivity contribution in [3.8, 4) is 0 Å². The quantitative estimate of drug-likeness (QED) is 0.844. The van der Waals surface area contributed by atoms with Crippen LogP contribution in [0.3, 0.4) is 0 Å². The van der Waals surface area contributed by atoms with Crippen molar-refractivity contribution in [3.05, 3.63) is 0 Å². The highest BCUT2D eigenvalue weighted by atomic mass is 32.2. The molecule has 2 saturated heterocycles. The first-order valence-corrected chi connectivity index (χ1v) is 8.81. The fraction of sp³-hybridized carbons (Fsp3) is 1.00. The average Bonchev–Trinajstić information content (AvgIpc) is 2.81. The molecule has 0 saturated carbocycles. The second-order valence-electron chi connectivity index (χ2n) is 6.11. The van der Waals surface area contributed by atoms with Crippen molar-refractivity contribution in [1.82, 2.24) is 9.62 Å². The maximum Gasteiger partial charge on any atom is 0.214 e. The first-order valence-electron chi connectivity index (χ1n) is 7.20. The van der Waals surface area contributed by atoms with E-state index in [4.69, 9.17) is 0 Å². The highest BCUT2D eigenvalue weighted by molar-refractivity contribution is 7.89. The third-order valence-corrected chi connectivity index (χ3v) is 6.34. The molecule has 0 aliphatic carbocycles. The Kier molecular flexibility index (Phi) is 4.67. The van der Waals surface area contributed by atoms with Crippen LogP contribution in [-0.4, -0.2) is 44.2 Å². The van der Waals surface area contributed by atoms with E-state index < -0.39 is 10.0 Å². The predicted octanol–water partition coefficient (Wildman–Crippen LogP) is 1.44. The largest absolute Gasteiger partial charge is 0.314 e. The summed E-state index contributed by atoms with van der Waals surface area (Å²) in [6, 6.07) is 0.639. The molecular formula is C13H26N2O2S. The van der Waals surface area contributed by atoms with Crippen molar-refractivity contribution < 1.29 is 8.42 Å². The highest BCUT2D eigenvalue weighted by Crippen LogP contribution is 2.27. The molecule has 2 heterocycles. The molecule has 2 fully saturated rings. The van der Waals surface area contributed by atoms with E-state index in [0.29, 0.717) is 17.7 Å². The molecule has 0 radical (unpaired) electrons. The first-order chi connectivity index (χ1) is 8.49. The first kappa shape index (κ1) is 14.3. The van der Waals surface area contributed by atoms with Crippen molar-refractivity contribution in [1.29, 1.82) is 0 Å². The van der Waals surface area contributed by atoms with E-state index in [1.54, 1.807) is 4.31 Å². The van der Waals surface area contributed by atoms with E-state index in [1.165, 1.54) is 12.8 Å². The summed E-state index contributed by atoms with van der Waals surface area (Å²) in [5.74, 6) is 1.18. The van der Waals surface area contributed by atoms with Gasteiger partial charge in [0.05, 0.1) is 5.75 Å². The molecule has 0 amide bonds. The van der Waals surface area contributed by atoms with Crippen molar-refractivity contribution in [3.63, 3.8) is 0 Å². The van der Waals surface area contributed by atoms with Crippen molar-refractivity contribution in [2.24, 2.45) is 11.8 Å². The maximum atomic E-state index is 12.1. The summed E-state index contributed by atoms with van der Waals surface area (Å²) >= 11 is 0. The second kappa shape index (κ2) is 5.88. The normalized spacial score (nSPS) is 28.1. The molecule has 0 aromatic rings. The van der Waals surface area contributed by atoms with Crippen LogP contribution in [0.5, 0.6) is 0 Å². The van der Waals surface area contributed by atoms with Gasteiger partial charge in [0, 0.05) is 19.1 Å². The van der Waals surface area contributed by atoms with E-state index in [-0.39, 0.29) is 5.92 Å². The molecule has 0 aromatic carbocycles. The van der Waals surface area contributed by atoms with E-state index in [0.717, 1.165) is 32.5 Å². The molecule has 18 heavy (non-hydrogen) atoms. The number of sulfonamides is 1. The van der Waals surface area contributed by atoms with Crippen molar-refractivity contribution in [2.75, 3.05) is 25.4 Å². The SMILES string of the molecule is CC(C)CS(=O)(=O)N1CCC(C2CCCN2)CC1. The molecule has 2 aliphatic rings. The van der Waals surface area contributed by atoms with Gasteiger partial charge in [-0.2, -0.15) is 0 Å². The second-order valence-corrected chi connectivity index (χ2v) is 8.13. The lowest BCUT2D eigenvalue weighted by Crippen LogP contribution is -2.44. The number of nitrogens with one attached hydrogen (secondary N) is 1. The van der Waals surface area contributed by atoms with Gasteiger partial charge in [0.1, 0.15) is 0 Å². The average molecular weight is 274 g/mol. The Bertz CT molecular complexity index is 353. The van der Waals surface area contributed by atoms with E-state index in [9.17, 15) is 8.42 Å². The van der Waals surface area contributed by atoms with E-state index in [2.05, 4.69) is 5.32 Å². The van der Waals surface area contributed by atoms with Gasteiger partial charge in [-0.1, -0.05) is 13.8 Å². The van der Waals surface area contributed by atoms with Gasteiger partial charge in [0.25, 0.3) is 0 Å². The monoisotopic (exact) mass is 274 g/mol. The van der Waals surface area contributed by atoms with Gasteiger partial charge in [-0.15, -0.1) is 0 Å². The summed E-state index contributed by atoms with van der Waals surface area (Å²) in [6.07, 6.45) is 4.59. The Balaban J connectivity index is 1.86. The van der Waals surface area contributed by atoms with Crippen LogP contribution in [-0.2, 0) is 10.0 Å². The van der Waals surface area contributed by atoms with Crippen LogP contribution in [0, 0.1) is 11.8 Å². The summed E-state index contributed by atoms with van der Waals surface area (Å²) in [4.78, 5) is 0. The third kappa shape index (κ3) is 3.45. The van der Waals surface area contributed by atoms with Gasteiger partial charge in [-0.3, -0.25) is 0 Å². The number of nitrogens with zero attached hydrogens (tertiary/aromatic N) is 1. The predicted molar refractivity (Wildman–Crippen MR) is 73.9 cm³/mol. The number of rotatable bonds is 4. The van der Waals surface area contributed by atoms with Crippen LogP contribution in [0.15, 0.2) is 0 Å². The summed E-state index contributed by atoms with van der Waals surface area (Å²) in [6.45, 7) is 6.51. The van der Waals surface area contributed by atoms with E-state index in [1.807, 2.05) is 13.8 Å². The van der Waals surface area contributed by atoms with Crippen LogP contribution >= 0.6 is 0 Å². The van der Waals surface area contributed by atoms with Gasteiger partial charge in [-0.05, 0) is 44.1 Å². The maximum absolute atomic E-state index is 12.1. The Morgan fingerprint density at radius 3 is 2.39 bits per heavy atom. The van der Waals surface area contributed by atoms with Crippen molar-refractivity contribution >= 4 is 10.0 Å². The molecule has 106 valence electrons. The number of hydrogen-bond acceptors (Lipinski definition) is 3. The summed E-state index contributed by atoms with van der Waals surface area (Å²) in [7, 11) is -3.02. The summed E-state index contributed by atoms with van der Waals surface area (Å²) in [5, 5.41) is 3.54. The van der Waals surface area contributed by atoms with Gasteiger partial charge < -0.3 is 5.32 Å². The molecule has 4 nitrogen and oxygen atoms in total.